The quantitative estimate of drug-likeness (QED) is 0.232. The van der Waals surface area contributed by atoms with E-state index in [1.165, 1.54) is 6.07 Å². The van der Waals surface area contributed by atoms with Crippen LogP contribution in [0, 0.1) is 5.92 Å². The third-order valence-electron chi connectivity index (χ3n) is 6.81. The number of rotatable bonds is 9. The van der Waals surface area contributed by atoms with E-state index in [2.05, 4.69) is 15.0 Å². The van der Waals surface area contributed by atoms with Crippen molar-refractivity contribution >= 4 is 34.0 Å². The van der Waals surface area contributed by atoms with Gasteiger partial charge >= 0.3 is 12.1 Å². The van der Waals surface area contributed by atoms with Crippen molar-refractivity contribution in [2.24, 2.45) is 5.92 Å². The molecule has 0 bridgehead atoms. The lowest BCUT2D eigenvalue weighted by molar-refractivity contribution is -0.138. The number of carboxylic acids is 1. The summed E-state index contributed by atoms with van der Waals surface area (Å²) in [5, 5.41) is 8.73. The second-order valence-electron chi connectivity index (χ2n) is 9.69. The Labute approximate surface area is 218 Å². The smallest absolute Gasteiger partial charge is 0.416 e. The molecule has 0 saturated carbocycles. The molecule has 0 fully saturated rings. The van der Waals surface area contributed by atoms with Gasteiger partial charge in [0.25, 0.3) is 0 Å². The number of carboxylic acid groups (broad SMARTS) is 1. The molecule has 2 atom stereocenters. The van der Waals surface area contributed by atoms with Crippen LogP contribution in [-0.2, 0) is 11.0 Å². The summed E-state index contributed by atoms with van der Waals surface area (Å²) in [6, 6.07) is 7.08. The van der Waals surface area contributed by atoms with Crippen LogP contribution in [0.4, 0.5) is 23.4 Å². The van der Waals surface area contributed by atoms with Gasteiger partial charge in [0, 0.05) is 31.8 Å². The van der Waals surface area contributed by atoms with Gasteiger partial charge in [-0.2, -0.15) is 13.2 Å². The van der Waals surface area contributed by atoms with Crippen LogP contribution in [0.2, 0.25) is 0 Å². The monoisotopic (exact) mass is 530 g/mol. The fourth-order valence-electron chi connectivity index (χ4n) is 4.64. The normalized spacial score (nSPS) is 18.2. The van der Waals surface area contributed by atoms with Gasteiger partial charge in [0.1, 0.15) is 17.8 Å². The van der Waals surface area contributed by atoms with E-state index in [0.29, 0.717) is 17.5 Å². The second kappa shape index (κ2) is 11.4. The largest absolute Gasteiger partial charge is 0.481 e. The van der Waals surface area contributed by atoms with E-state index in [4.69, 9.17) is 5.11 Å². The lowest BCUT2D eigenvalue weighted by atomic mass is 9.91. The second-order valence-corrected chi connectivity index (χ2v) is 9.69. The van der Waals surface area contributed by atoms with Crippen molar-refractivity contribution in [2.45, 2.75) is 51.4 Å². The van der Waals surface area contributed by atoms with E-state index in [-0.39, 0.29) is 30.1 Å². The molecule has 1 aromatic carbocycles. The number of carbonyl (C=O) groups is 1. The Hall–Kier alpha value is -3.69. The van der Waals surface area contributed by atoms with Gasteiger partial charge < -0.3 is 15.0 Å². The summed E-state index contributed by atoms with van der Waals surface area (Å²) in [7, 11) is 1.93. The van der Waals surface area contributed by atoms with E-state index >= 15 is 4.39 Å². The van der Waals surface area contributed by atoms with Crippen LogP contribution in [0.25, 0.3) is 22.2 Å². The first-order valence-electron chi connectivity index (χ1n) is 12.6. The van der Waals surface area contributed by atoms with Crippen molar-refractivity contribution in [1.82, 2.24) is 15.0 Å². The topological polar surface area (TPSA) is 82.1 Å². The average molecular weight is 531 g/mol. The molecule has 2 N–H and O–H groups in total. The average Bonchev–Trinajstić information content (AvgIpc) is 3.22. The van der Waals surface area contributed by atoms with E-state index in [0.717, 1.165) is 48.5 Å². The number of nitrogens with zero attached hydrogens (tertiary/aromatic N) is 3. The summed E-state index contributed by atoms with van der Waals surface area (Å²) in [6.07, 6.45) is 2.11. The van der Waals surface area contributed by atoms with Gasteiger partial charge in [0.15, 0.2) is 0 Å². The minimum Gasteiger partial charge on any atom is -0.481 e. The van der Waals surface area contributed by atoms with E-state index in [1.54, 1.807) is 12.3 Å². The van der Waals surface area contributed by atoms with Crippen LogP contribution in [0.1, 0.15) is 56.0 Å². The first kappa shape index (κ1) is 27.3. The number of H-pyrrole nitrogens is 1. The highest BCUT2D eigenvalue weighted by molar-refractivity contribution is 5.82. The Bertz CT molecular complexity index is 1350. The molecule has 0 radical (unpaired) electrons. The minimum atomic E-state index is -4.48. The molecule has 0 aliphatic heterocycles. The summed E-state index contributed by atoms with van der Waals surface area (Å²) >= 11 is 0. The number of nitrogens with one attached hydrogen (secondary N) is 1. The molecule has 0 spiro atoms. The number of allylic oxidation sites excluding steroid dienone is 4. The van der Waals surface area contributed by atoms with Gasteiger partial charge in [0.2, 0.25) is 0 Å². The van der Waals surface area contributed by atoms with Crippen molar-refractivity contribution in [2.75, 3.05) is 18.5 Å². The van der Waals surface area contributed by atoms with Crippen molar-refractivity contribution in [3.63, 3.8) is 0 Å². The maximum absolute atomic E-state index is 15.3. The van der Waals surface area contributed by atoms with Crippen LogP contribution in [0.5, 0.6) is 0 Å². The standard InChI is InChI=1S/C28H30F4N4O2/c1-17-14-22(29)21(27-34-23-11-8-19(28(30,31)32)15-24(23)35-27)10-9-20(17)18-7-12-25(33-16-18)36(2)13-5-3-4-6-26(37)38/h7-12,15-17,22H,3-6,13-14H2,1-2H3,(H,34,35)(H,37,38). The van der Waals surface area contributed by atoms with E-state index in [1.807, 2.05) is 37.1 Å². The highest BCUT2D eigenvalue weighted by atomic mass is 19.4. The number of aliphatic carboxylic acids is 1. The van der Waals surface area contributed by atoms with Gasteiger partial charge in [-0.3, -0.25) is 4.79 Å². The molecule has 2 unspecified atom stereocenters. The fourth-order valence-corrected chi connectivity index (χ4v) is 4.64. The molecule has 3 aromatic rings. The number of hydrogen-bond donors (Lipinski definition) is 2. The summed E-state index contributed by atoms with van der Waals surface area (Å²) in [6.45, 7) is 2.68. The number of anilines is 1. The molecule has 4 rings (SSSR count). The molecule has 1 aliphatic rings. The predicted molar refractivity (Wildman–Crippen MR) is 139 cm³/mol. The molecule has 0 amide bonds. The summed E-state index contributed by atoms with van der Waals surface area (Å²) in [5.74, 6) is 0.0966. The third-order valence-corrected chi connectivity index (χ3v) is 6.81. The van der Waals surface area contributed by atoms with E-state index < -0.39 is 23.9 Å². The maximum Gasteiger partial charge on any atom is 0.416 e. The van der Waals surface area contributed by atoms with Gasteiger partial charge in [-0.05, 0) is 66.6 Å². The van der Waals surface area contributed by atoms with Gasteiger partial charge in [-0.15, -0.1) is 0 Å². The summed E-state index contributed by atoms with van der Waals surface area (Å²) in [4.78, 5) is 24.4. The minimum absolute atomic E-state index is 0.125. The number of fused-ring (bicyclic) bond motifs is 1. The Morgan fingerprint density at radius 3 is 2.58 bits per heavy atom. The predicted octanol–water partition coefficient (Wildman–Crippen LogP) is 6.90. The Kier molecular flexibility index (Phi) is 8.18. The zero-order chi connectivity index (χ0) is 27.4. The van der Waals surface area contributed by atoms with Crippen LogP contribution in [0.3, 0.4) is 0 Å². The number of aromatic amines is 1. The number of aromatic nitrogens is 3. The Balaban J connectivity index is 1.50. The molecule has 10 heteroatoms. The molecular formula is C28H30F4N4O2. The van der Waals surface area contributed by atoms with Gasteiger partial charge in [0.05, 0.1) is 16.6 Å². The first-order chi connectivity index (χ1) is 18.0. The van der Waals surface area contributed by atoms with E-state index in [9.17, 15) is 18.0 Å². The lowest BCUT2D eigenvalue weighted by Gasteiger charge is -2.20. The summed E-state index contributed by atoms with van der Waals surface area (Å²) in [5.41, 5.74) is 1.82. The number of alkyl halides is 4. The van der Waals surface area contributed by atoms with Crippen molar-refractivity contribution < 1.29 is 27.5 Å². The highest BCUT2D eigenvalue weighted by Crippen LogP contribution is 2.36. The molecule has 38 heavy (non-hydrogen) atoms. The van der Waals surface area contributed by atoms with Crippen molar-refractivity contribution in [3.05, 3.63) is 65.6 Å². The van der Waals surface area contributed by atoms with Gasteiger partial charge in [-0.1, -0.05) is 25.5 Å². The van der Waals surface area contributed by atoms with Crippen molar-refractivity contribution in [3.8, 4) is 0 Å². The molecule has 2 heterocycles. The Morgan fingerprint density at radius 1 is 1.13 bits per heavy atom. The van der Waals surface area contributed by atoms with Crippen LogP contribution >= 0.6 is 0 Å². The number of halogens is 4. The highest BCUT2D eigenvalue weighted by Gasteiger charge is 2.31. The Morgan fingerprint density at radius 2 is 1.89 bits per heavy atom. The molecule has 2 aromatic heterocycles. The molecule has 0 saturated heterocycles. The van der Waals surface area contributed by atoms with Crippen LogP contribution in [-0.4, -0.2) is 45.8 Å². The molecule has 6 nitrogen and oxygen atoms in total. The first-order valence-corrected chi connectivity index (χ1v) is 12.6. The fraction of sp³-hybridized carbons (Fsp3) is 0.393. The number of hydrogen-bond acceptors (Lipinski definition) is 4. The molecular weight excluding hydrogens is 500 g/mol. The number of unbranched alkanes of at least 4 members (excludes halogenated alkanes) is 2. The zero-order valence-corrected chi connectivity index (χ0v) is 21.2. The maximum atomic E-state index is 15.3. The number of benzene rings is 1. The SMILES string of the molecule is CC1CC(F)C(c2nc3ccc(C(F)(F)F)cc3[nH]2)=CC=C1c1ccc(N(C)CCCCCC(=O)O)nc1. The summed E-state index contributed by atoms with van der Waals surface area (Å²) < 4.78 is 54.6. The lowest BCUT2D eigenvalue weighted by Crippen LogP contribution is -2.19. The van der Waals surface area contributed by atoms with Gasteiger partial charge in [-0.25, -0.2) is 14.4 Å². The molecule has 1 aliphatic carbocycles. The van der Waals surface area contributed by atoms with Crippen LogP contribution < -0.4 is 4.90 Å². The third kappa shape index (κ3) is 6.41. The number of pyridine rings is 1. The van der Waals surface area contributed by atoms with Crippen LogP contribution in [0.15, 0.2) is 48.7 Å². The zero-order valence-electron chi connectivity index (χ0n) is 21.2. The number of imidazole rings is 1. The molecule has 202 valence electrons. The van der Waals surface area contributed by atoms with Crippen molar-refractivity contribution in [1.29, 1.82) is 0 Å².